The number of benzene rings is 1. The van der Waals surface area contributed by atoms with Crippen molar-refractivity contribution in [2.75, 3.05) is 11.4 Å². The first-order valence-corrected chi connectivity index (χ1v) is 7.71. The molecule has 3 nitrogen and oxygen atoms in total. The Morgan fingerprint density at radius 3 is 2.70 bits per heavy atom. The zero-order chi connectivity index (χ0) is 14.2. The number of hydrogen-bond acceptors (Lipinski definition) is 2. The van der Waals surface area contributed by atoms with E-state index in [1.165, 1.54) is 0 Å². The Balaban J connectivity index is 1.97. The van der Waals surface area contributed by atoms with Crippen LogP contribution >= 0.6 is 0 Å². The van der Waals surface area contributed by atoms with Crippen molar-refractivity contribution in [3.63, 3.8) is 0 Å². The highest BCUT2D eigenvalue weighted by Gasteiger charge is 2.40. The summed E-state index contributed by atoms with van der Waals surface area (Å²) < 4.78 is 0. The summed E-state index contributed by atoms with van der Waals surface area (Å²) in [5, 5.41) is 10.2. The predicted octanol–water partition coefficient (Wildman–Crippen LogP) is 3.43. The molecule has 0 radical (unpaired) electrons. The van der Waals surface area contributed by atoms with Gasteiger partial charge in [0, 0.05) is 23.2 Å². The second-order valence-electron chi connectivity index (χ2n) is 6.44. The Morgan fingerprint density at radius 1 is 1.25 bits per heavy atom. The van der Waals surface area contributed by atoms with Gasteiger partial charge in [-0.1, -0.05) is 38.0 Å². The fraction of sp³-hybridized carbons (Fsp3) is 0.588. The molecular weight excluding hydrogens is 250 g/mol. The average Bonchev–Trinajstić information content (AvgIpc) is 2.84. The highest BCUT2D eigenvalue weighted by atomic mass is 16.3. The quantitative estimate of drug-likeness (QED) is 0.851. The number of hydrogen-bond donors (Lipinski definition) is 1. The van der Waals surface area contributed by atoms with Gasteiger partial charge in [-0.05, 0) is 31.7 Å². The van der Waals surface area contributed by atoms with Crippen molar-refractivity contribution in [2.45, 2.75) is 51.6 Å². The van der Waals surface area contributed by atoms with Crippen LogP contribution in [-0.2, 0) is 4.79 Å². The number of aliphatic hydroxyl groups is 1. The fourth-order valence-electron chi connectivity index (χ4n) is 3.64. The molecule has 3 rings (SSSR count). The van der Waals surface area contributed by atoms with Crippen molar-refractivity contribution >= 4 is 11.6 Å². The molecule has 0 spiro atoms. The van der Waals surface area contributed by atoms with Crippen molar-refractivity contribution in [3.8, 4) is 0 Å². The average molecular weight is 273 g/mol. The molecule has 0 bridgehead atoms. The summed E-state index contributed by atoms with van der Waals surface area (Å²) in [6, 6.07) is 7.81. The molecule has 1 saturated carbocycles. The van der Waals surface area contributed by atoms with Crippen molar-refractivity contribution in [1.29, 1.82) is 0 Å². The molecule has 1 heterocycles. The number of anilines is 1. The lowest BCUT2D eigenvalue weighted by Gasteiger charge is -2.32. The van der Waals surface area contributed by atoms with Crippen LogP contribution < -0.4 is 4.90 Å². The number of amides is 1. The van der Waals surface area contributed by atoms with Gasteiger partial charge in [-0.3, -0.25) is 4.79 Å². The second-order valence-corrected chi connectivity index (χ2v) is 6.44. The van der Waals surface area contributed by atoms with E-state index in [-0.39, 0.29) is 11.3 Å². The molecule has 108 valence electrons. The van der Waals surface area contributed by atoms with Crippen molar-refractivity contribution in [1.82, 2.24) is 0 Å². The van der Waals surface area contributed by atoms with E-state index in [2.05, 4.69) is 6.92 Å². The van der Waals surface area contributed by atoms with Crippen LogP contribution in [0.15, 0.2) is 24.3 Å². The smallest absolute Gasteiger partial charge is 0.232 e. The molecule has 1 aliphatic heterocycles. The van der Waals surface area contributed by atoms with Gasteiger partial charge in [-0.15, -0.1) is 0 Å². The highest BCUT2D eigenvalue weighted by Crippen LogP contribution is 2.42. The molecule has 3 heteroatoms. The zero-order valence-corrected chi connectivity index (χ0v) is 12.1. The van der Waals surface area contributed by atoms with Crippen LogP contribution in [0.2, 0.25) is 0 Å². The van der Waals surface area contributed by atoms with E-state index in [1.807, 2.05) is 29.2 Å². The molecule has 1 aromatic carbocycles. The van der Waals surface area contributed by atoms with Gasteiger partial charge in [0.15, 0.2) is 0 Å². The van der Waals surface area contributed by atoms with E-state index in [0.717, 1.165) is 56.3 Å². The SMILES string of the molecule is CC1(C(=O)N2CCCC(O)c3ccccc32)CCCC1. The molecule has 0 aromatic heterocycles. The first-order chi connectivity index (χ1) is 9.62. The molecule has 1 fully saturated rings. The summed E-state index contributed by atoms with van der Waals surface area (Å²) in [6.07, 6.45) is 5.44. The van der Waals surface area contributed by atoms with Gasteiger partial charge in [0.25, 0.3) is 0 Å². The molecule has 2 aliphatic rings. The van der Waals surface area contributed by atoms with Crippen molar-refractivity contribution in [3.05, 3.63) is 29.8 Å². The number of aliphatic hydroxyl groups excluding tert-OH is 1. The first-order valence-electron chi connectivity index (χ1n) is 7.71. The van der Waals surface area contributed by atoms with E-state index < -0.39 is 6.10 Å². The van der Waals surface area contributed by atoms with Crippen LogP contribution in [0.1, 0.15) is 57.1 Å². The molecular formula is C17H23NO2. The third kappa shape index (κ3) is 2.24. The van der Waals surface area contributed by atoms with Crippen LogP contribution in [0.4, 0.5) is 5.69 Å². The maximum Gasteiger partial charge on any atom is 0.232 e. The lowest BCUT2D eigenvalue weighted by molar-refractivity contribution is -0.127. The van der Waals surface area contributed by atoms with E-state index in [4.69, 9.17) is 0 Å². The Kier molecular flexibility index (Phi) is 3.55. The molecule has 1 aromatic rings. The van der Waals surface area contributed by atoms with Gasteiger partial charge in [-0.2, -0.15) is 0 Å². The maximum absolute atomic E-state index is 13.0. The number of carbonyl (C=O) groups excluding carboxylic acids is 1. The van der Waals surface area contributed by atoms with Crippen LogP contribution in [0.25, 0.3) is 0 Å². The highest BCUT2D eigenvalue weighted by molar-refractivity contribution is 5.98. The lowest BCUT2D eigenvalue weighted by atomic mass is 9.86. The normalized spacial score (nSPS) is 25.1. The van der Waals surface area contributed by atoms with Crippen molar-refractivity contribution < 1.29 is 9.90 Å². The van der Waals surface area contributed by atoms with Crippen LogP contribution in [-0.4, -0.2) is 17.6 Å². The fourth-order valence-corrected chi connectivity index (χ4v) is 3.64. The molecule has 1 atom stereocenters. The van der Waals surface area contributed by atoms with Gasteiger partial charge >= 0.3 is 0 Å². The topological polar surface area (TPSA) is 40.5 Å². The van der Waals surface area contributed by atoms with Gasteiger partial charge in [0.2, 0.25) is 5.91 Å². The number of fused-ring (bicyclic) bond motifs is 1. The van der Waals surface area contributed by atoms with E-state index in [1.54, 1.807) is 0 Å². The first kappa shape index (κ1) is 13.6. The van der Waals surface area contributed by atoms with Gasteiger partial charge in [-0.25, -0.2) is 0 Å². The minimum Gasteiger partial charge on any atom is -0.388 e. The molecule has 1 aliphatic carbocycles. The van der Waals surface area contributed by atoms with Gasteiger partial charge in [0.05, 0.1) is 6.10 Å². The number of para-hydroxylation sites is 1. The predicted molar refractivity (Wildman–Crippen MR) is 79.6 cm³/mol. The molecule has 1 unspecified atom stereocenters. The standard InChI is InChI=1S/C17H23NO2/c1-17(10-4-5-11-17)16(20)18-12-6-9-15(19)13-7-2-3-8-14(13)18/h2-3,7-8,15,19H,4-6,9-12H2,1H3. The maximum atomic E-state index is 13.0. The third-order valence-electron chi connectivity index (χ3n) is 4.91. The summed E-state index contributed by atoms with van der Waals surface area (Å²) in [7, 11) is 0. The van der Waals surface area contributed by atoms with Gasteiger partial charge < -0.3 is 10.0 Å². The lowest BCUT2D eigenvalue weighted by Crippen LogP contribution is -2.41. The Morgan fingerprint density at radius 2 is 1.95 bits per heavy atom. The Labute approximate surface area is 120 Å². The van der Waals surface area contributed by atoms with Crippen LogP contribution in [0.3, 0.4) is 0 Å². The Bertz CT molecular complexity index is 505. The van der Waals surface area contributed by atoms with E-state index >= 15 is 0 Å². The van der Waals surface area contributed by atoms with E-state index in [9.17, 15) is 9.90 Å². The summed E-state index contributed by atoms with van der Waals surface area (Å²) in [5.74, 6) is 0.247. The molecule has 0 saturated heterocycles. The monoisotopic (exact) mass is 273 g/mol. The largest absolute Gasteiger partial charge is 0.388 e. The summed E-state index contributed by atoms with van der Waals surface area (Å²) in [6.45, 7) is 2.83. The third-order valence-corrected chi connectivity index (χ3v) is 4.91. The number of nitrogens with zero attached hydrogens (tertiary/aromatic N) is 1. The Hall–Kier alpha value is -1.35. The molecule has 20 heavy (non-hydrogen) atoms. The number of rotatable bonds is 1. The number of carbonyl (C=O) groups is 1. The van der Waals surface area contributed by atoms with Crippen molar-refractivity contribution in [2.24, 2.45) is 5.41 Å². The second kappa shape index (κ2) is 5.21. The summed E-state index contributed by atoms with van der Waals surface area (Å²) in [5.41, 5.74) is 1.61. The zero-order valence-electron chi connectivity index (χ0n) is 12.1. The summed E-state index contributed by atoms with van der Waals surface area (Å²) in [4.78, 5) is 14.9. The van der Waals surface area contributed by atoms with Crippen LogP contribution in [0.5, 0.6) is 0 Å². The summed E-state index contributed by atoms with van der Waals surface area (Å²) >= 11 is 0. The van der Waals surface area contributed by atoms with Crippen LogP contribution in [0, 0.1) is 5.41 Å². The minimum atomic E-state index is -0.444. The minimum absolute atomic E-state index is 0.206. The van der Waals surface area contributed by atoms with E-state index in [0.29, 0.717) is 0 Å². The molecule has 1 amide bonds. The van der Waals surface area contributed by atoms with Gasteiger partial charge in [0.1, 0.15) is 0 Å². The molecule has 1 N–H and O–H groups in total.